The highest BCUT2D eigenvalue weighted by molar-refractivity contribution is 7.89. The molecule has 0 spiro atoms. The van der Waals surface area contributed by atoms with Gasteiger partial charge < -0.3 is 25.0 Å². The molecule has 0 bridgehead atoms. The van der Waals surface area contributed by atoms with E-state index >= 15 is 0 Å². The van der Waals surface area contributed by atoms with E-state index < -0.39 is 26.2 Å². The number of likely N-dealkylation sites (tertiary alicyclic amines) is 3. The molecule has 16 heteroatoms. The molecule has 12 atom stereocenters. The van der Waals surface area contributed by atoms with Crippen molar-refractivity contribution in [2.75, 3.05) is 78.5 Å². The van der Waals surface area contributed by atoms with Crippen LogP contribution in [-0.2, 0) is 39.7 Å². The van der Waals surface area contributed by atoms with E-state index in [2.05, 4.69) is 167 Å². The number of aliphatic hydroxyl groups excluding tert-OH is 2. The van der Waals surface area contributed by atoms with E-state index in [0.717, 1.165) is 68.2 Å². The van der Waals surface area contributed by atoms with Gasteiger partial charge in [-0.2, -0.15) is 8.61 Å². The van der Waals surface area contributed by atoms with Gasteiger partial charge in [0.15, 0.2) is 0 Å². The minimum absolute atomic E-state index is 0.0340. The molecule has 89 heavy (non-hydrogen) atoms. The first-order valence-corrected chi connectivity index (χ1v) is 36.0. The number of benzene rings is 5. The van der Waals surface area contributed by atoms with Crippen LogP contribution in [0.25, 0.3) is 0 Å². The molecule has 0 amide bonds. The molecule has 6 aliphatic heterocycles. The fraction of sp³-hybridized carbons (Fsp3) is 0.589. The van der Waals surface area contributed by atoms with Crippen LogP contribution in [-0.4, -0.2) is 153 Å². The second-order valence-electron chi connectivity index (χ2n) is 27.5. The third kappa shape index (κ3) is 23.4. The van der Waals surface area contributed by atoms with E-state index in [9.17, 15) is 27.0 Å². The summed E-state index contributed by atoms with van der Waals surface area (Å²) in [5.41, 5.74) is 4.20. The van der Waals surface area contributed by atoms with Crippen molar-refractivity contribution in [2.24, 2.45) is 59.2 Å². The van der Waals surface area contributed by atoms with Crippen molar-refractivity contribution in [1.82, 2.24) is 28.6 Å². The zero-order valence-corrected chi connectivity index (χ0v) is 58.0. The summed E-state index contributed by atoms with van der Waals surface area (Å²) in [5, 5.41) is 22.6. The summed E-state index contributed by atoms with van der Waals surface area (Å²) in [6.45, 7) is 44.1. The lowest BCUT2D eigenvalue weighted by Crippen LogP contribution is -2.29. The van der Waals surface area contributed by atoms with Crippen molar-refractivity contribution in [3.63, 3.8) is 0 Å². The molecule has 0 aromatic heterocycles. The van der Waals surface area contributed by atoms with Crippen molar-refractivity contribution in [3.05, 3.63) is 156 Å². The summed E-state index contributed by atoms with van der Waals surface area (Å²) in [6.07, 6.45) is -0.600. The Morgan fingerprint density at radius 3 is 0.910 bits per heavy atom. The summed E-state index contributed by atoms with van der Waals surface area (Å²) in [5.74, 6) is 7.79. The second kappa shape index (κ2) is 35.4. The first-order chi connectivity index (χ1) is 42.2. The van der Waals surface area contributed by atoms with Gasteiger partial charge in [0.2, 0.25) is 20.0 Å². The lowest BCUT2D eigenvalue weighted by molar-refractivity contribution is 0.147. The van der Waals surface area contributed by atoms with Crippen LogP contribution >= 0.6 is 0 Å². The van der Waals surface area contributed by atoms with Crippen LogP contribution in [0.15, 0.2) is 149 Å². The van der Waals surface area contributed by atoms with Gasteiger partial charge in [-0.25, -0.2) is 16.8 Å². The van der Waals surface area contributed by atoms with Crippen molar-refractivity contribution < 1.29 is 36.5 Å². The highest BCUT2D eigenvalue weighted by atomic mass is 32.2. The Morgan fingerprint density at radius 1 is 0.371 bits per heavy atom. The average Bonchev–Trinajstić information content (AvgIpc) is 2.49. The lowest BCUT2D eigenvalue weighted by atomic mass is 10.0. The monoisotopic (exact) mass is 1260 g/mol. The molecule has 11 rings (SSSR count). The minimum atomic E-state index is -3.53. The predicted molar refractivity (Wildman–Crippen MR) is 364 cm³/mol. The molecule has 0 radical (unpaired) electrons. The van der Waals surface area contributed by atoms with Gasteiger partial charge in [0.25, 0.3) is 0 Å². The van der Waals surface area contributed by atoms with Gasteiger partial charge in [0, 0.05) is 85.1 Å². The van der Waals surface area contributed by atoms with E-state index in [-0.39, 0.29) is 35.7 Å². The fourth-order valence-corrected chi connectivity index (χ4v) is 15.2. The molecule has 0 unspecified atom stereocenters. The Bertz CT molecular complexity index is 2710. The van der Waals surface area contributed by atoms with Gasteiger partial charge in [-0.05, 0) is 165 Å². The van der Waals surface area contributed by atoms with E-state index in [0.29, 0.717) is 53.8 Å². The molecule has 5 aromatic carbocycles. The highest BCUT2D eigenvalue weighted by Gasteiger charge is 2.37. The smallest absolute Gasteiger partial charge is 0.243 e. The topological polar surface area (TPSA) is 155 Å². The van der Waals surface area contributed by atoms with Crippen molar-refractivity contribution >= 4 is 20.0 Å². The van der Waals surface area contributed by atoms with Crippen molar-refractivity contribution in [2.45, 2.75) is 151 Å². The Labute approximate surface area is 538 Å². The zero-order chi connectivity index (χ0) is 65.0. The number of β-amino-alcohol motifs (C(OH)–C–C–N with tert-alkyl or cyclic N) is 2. The number of aliphatic hydroxyl groups is 2. The Kier molecular flexibility index (Phi) is 29.1. The van der Waals surface area contributed by atoms with E-state index in [1.54, 1.807) is 52.8 Å². The van der Waals surface area contributed by atoms with Crippen LogP contribution in [0.2, 0.25) is 0 Å². The molecule has 14 nitrogen and oxygen atoms in total. The lowest BCUT2D eigenvalue weighted by Gasteiger charge is -2.17. The third-order valence-electron chi connectivity index (χ3n) is 18.6. The van der Waals surface area contributed by atoms with Crippen LogP contribution in [0.4, 0.5) is 0 Å². The van der Waals surface area contributed by atoms with Gasteiger partial charge in [0.05, 0.1) is 34.2 Å². The number of nitrogens with zero attached hydrogens (tertiary/aromatic N) is 5. The normalized spacial score (nSPS) is 27.5. The van der Waals surface area contributed by atoms with Crippen LogP contribution in [0.5, 0.6) is 11.5 Å². The summed E-state index contributed by atoms with van der Waals surface area (Å²) < 4.78 is 63.9. The Balaban J connectivity index is 0.000000174. The van der Waals surface area contributed by atoms with Crippen LogP contribution in [0, 0.1) is 59.2 Å². The number of rotatable bonds is 14. The average molecular weight is 1270 g/mol. The molecule has 3 N–H and O–H groups in total. The van der Waals surface area contributed by atoms with Gasteiger partial charge in [-0.1, -0.05) is 160 Å². The first kappa shape index (κ1) is 73.3. The number of nitrogens with one attached hydrogen (secondary N) is 1. The largest absolute Gasteiger partial charge is 0.491 e. The molecule has 6 heterocycles. The van der Waals surface area contributed by atoms with Gasteiger partial charge in [0.1, 0.15) is 11.5 Å². The van der Waals surface area contributed by atoms with Gasteiger partial charge in [-0.3, -0.25) is 14.7 Å². The maximum atomic E-state index is 12.5. The molecule has 0 aliphatic carbocycles. The zero-order valence-electron chi connectivity index (χ0n) is 56.4. The molecule has 6 fully saturated rings. The Hall–Kier alpha value is -4.72. The summed E-state index contributed by atoms with van der Waals surface area (Å²) in [6, 6.07) is 45.0. The number of hydrogen-bond acceptors (Lipinski definition) is 12. The van der Waals surface area contributed by atoms with Crippen LogP contribution in [0.3, 0.4) is 0 Å². The van der Waals surface area contributed by atoms with Gasteiger partial charge in [-0.15, -0.1) is 0 Å². The minimum Gasteiger partial charge on any atom is -0.491 e. The first-order valence-electron chi connectivity index (χ1n) is 33.1. The Morgan fingerprint density at radius 2 is 0.640 bits per heavy atom. The number of ether oxygens (including phenoxy) is 2. The molecule has 6 saturated heterocycles. The summed E-state index contributed by atoms with van der Waals surface area (Å²) in [4.78, 5) is 8.00. The number of sulfonamides is 2. The fourth-order valence-electron chi connectivity index (χ4n) is 12.0. The molecule has 494 valence electrons. The van der Waals surface area contributed by atoms with Crippen molar-refractivity contribution in [1.29, 1.82) is 0 Å². The summed E-state index contributed by atoms with van der Waals surface area (Å²) >= 11 is 0. The van der Waals surface area contributed by atoms with Crippen molar-refractivity contribution in [3.8, 4) is 11.5 Å². The predicted octanol–water partition coefficient (Wildman–Crippen LogP) is 12.1. The maximum absolute atomic E-state index is 12.5. The molecule has 0 saturated carbocycles. The maximum Gasteiger partial charge on any atom is 0.243 e. The van der Waals surface area contributed by atoms with E-state index in [4.69, 9.17) is 9.47 Å². The van der Waals surface area contributed by atoms with Gasteiger partial charge >= 0.3 is 0 Å². The SMILES string of the molecule is CC(C)Oc1ccc(S(=O)(=O)N2C[C@@H](C)[C@H](C)C2)cc1.CC(C)Oc1ccc(S(=O)(=O)N2C[C@@H](C)[C@H](O)C2)cc1.C[C@@H]1CN(Cc2ccccc2)C[C@@H]1C.C[C@@H]1CN(Cc2ccccc2)C[C@@H]1O.C[C@@H]1CN(Cc2ccccc2)C[C@H]1C.C[C@@H]1CNC[C@H]1C. The molecule has 5 aromatic rings. The van der Waals surface area contributed by atoms with E-state index in [1.165, 1.54) is 60.3 Å². The highest BCUT2D eigenvalue weighted by Crippen LogP contribution is 2.31. The third-order valence-corrected chi connectivity index (χ3v) is 22.3. The van der Waals surface area contributed by atoms with E-state index in [1.807, 2.05) is 40.7 Å². The number of hydrogen-bond donors (Lipinski definition) is 3. The molecule has 6 aliphatic rings. The summed E-state index contributed by atoms with van der Waals surface area (Å²) in [7, 11) is -6.90. The standard InChI is InChI=1S/C15H23NO3S.C14H21NO4S.2C13H19N.C12H17NO.C6H13N/c1-11(2)19-14-5-7-15(8-6-14)20(17,18)16-9-12(3)13(4)10-16;1-10(2)19-12-4-6-13(7-5-12)20(17,18)15-8-11(3)14(16)9-15;2*1-11-8-14(9-12(11)2)10-13-6-4-3-5-7-13;1-10-7-13(9-12(10)14)8-11-5-3-2-4-6-11;1-5-3-7-4-6(5)2/h5-8,11-13H,9-10H2,1-4H3;4-7,10-11,14,16H,8-9H2,1-3H3;2*3-7,11-12H,8-10H2,1-2H3;2-6,10,12,14H,7-9H2,1H3;5-7H,3-4H2,1-2H3/t12-,13-;11-,14-;11-,12+;11-,12-;10-,12+;5-,6-/m11.111/s1. The van der Waals surface area contributed by atoms with Crippen LogP contribution in [0.1, 0.15) is 114 Å². The second-order valence-corrected chi connectivity index (χ2v) is 31.4. The molecular formula is C73H112N6O8S2. The molecular weight excluding hydrogens is 1150 g/mol. The quantitative estimate of drug-likeness (QED) is 0.0969. The van der Waals surface area contributed by atoms with Crippen LogP contribution < -0.4 is 14.8 Å².